The van der Waals surface area contributed by atoms with Crippen LogP contribution in [0, 0.1) is 13.8 Å². The van der Waals surface area contributed by atoms with Gasteiger partial charge in [-0.3, -0.25) is 0 Å². The van der Waals surface area contributed by atoms with Gasteiger partial charge in [-0.25, -0.2) is 0 Å². The van der Waals surface area contributed by atoms with Crippen LogP contribution in [0.1, 0.15) is 35.1 Å². The fourth-order valence-electron chi connectivity index (χ4n) is 4.32. The van der Waals surface area contributed by atoms with Crippen molar-refractivity contribution in [2.75, 3.05) is 0 Å². The van der Waals surface area contributed by atoms with Crippen LogP contribution < -0.4 is 0 Å². The highest BCUT2D eigenvalue weighted by atomic mass is 16.3. The van der Waals surface area contributed by atoms with Crippen LogP contribution in [0.3, 0.4) is 0 Å². The molecule has 0 unspecified atom stereocenters. The summed E-state index contributed by atoms with van der Waals surface area (Å²) in [5.41, 5.74) is 9.69. The SMILES string of the molecule is Cc1c(-c2ccc(O)cc2)cccc1C(C)c1cccc(-c2ccc(O)cc2)c1C. The Labute approximate surface area is 178 Å². The second-order valence-electron chi connectivity index (χ2n) is 7.86. The third-order valence-electron chi connectivity index (χ3n) is 6.04. The van der Waals surface area contributed by atoms with E-state index in [9.17, 15) is 10.2 Å². The Morgan fingerprint density at radius 2 is 0.900 bits per heavy atom. The maximum atomic E-state index is 9.62. The molecule has 4 aromatic carbocycles. The van der Waals surface area contributed by atoms with E-state index in [1.807, 2.05) is 24.3 Å². The first-order valence-electron chi connectivity index (χ1n) is 10.2. The van der Waals surface area contributed by atoms with E-state index in [0.717, 1.165) is 11.1 Å². The molecule has 0 amide bonds. The minimum atomic E-state index is 0.235. The van der Waals surface area contributed by atoms with Crippen LogP contribution in [0.25, 0.3) is 22.3 Å². The Kier molecular flexibility index (Phi) is 5.33. The van der Waals surface area contributed by atoms with Crippen LogP contribution in [0.4, 0.5) is 0 Å². The number of hydrogen-bond acceptors (Lipinski definition) is 2. The molecule has 0 radical (unpaired) electrons. The lowest BCUT2D eigenvalue weighted by Gasteiger charge is -2.21. The highest BCUT2D eigenvalue weighted by molar-refractivity contribution is 5.72. The summed E-state index contributed by atoms with van der Waals surface area (Å²) < 4.78 is 0. The van der Waals surface area contributed by atoms with Crippen molar-refractivity contribution < 1.29 is 10.2 Å². The van der Waals surface area contributed by atoms with Gasteiger partial charge in [-0.1, -0.05) is 67.6 Å². The second-order valence-corrected chi connectivity index (χ2v) is 7.86. The molecule has 2 heteroatoms. The summed E-state index contributed by atoms with van der Waals surface area (Å²) in [6.07, 6.45) is 0. The van der Waals surface area contributed by atoms with Gasteiger partial charge in [-0.2, -0.15) is 0 Å². The first kappa shape index (κ1) is 19.8. The molecule has 0 saturated carbocycles. The van der Waals surface area contributed by atoms with E-state index < -0.39 is 0 Å². The zero-order chi connectivity index (χ0) is 21.3. The molecule has 2 nitrogen and oxygen atoms in total. The highest BCUT2D eigenvalue weighted by Crippen LogP contribution is 2.37. The molecule has 150 valence electrons. The molecule has 0 aliphatic rings. The molecule has 0 aliphatic heterocycles. The lowest BCUT2D eigenvalue weighted by molar-refractivity contribution is 0.475. The Bertz CT molecular complexity index is 1080. The van der Waals surface area contributed by atoms with Crippen LogP contribution in [-0.4, -0.2) is 10.2 Å². The van der Waals surface area contributed by atoms with E-state index in [1.165, 1.54) is 33.4 Å². The average Bonchev–Trinajstić information content (AvgIpc) is 2.75. The quantitative estimate of drug-likeness (QED) is 0.384. The van der Waals surface area contributed by atoms with Crippen molar-refractivity contribution in [1.29, 1.82) is 0 Å². The van der Waals surface area contributed by atoms with Gasteiger partial charge < -0.3 is 10.2 Å². The molecule has 0 atom stereocenters. The van der Waals surface area contributed by atoms with E-state index in [4.69, 9.17) is 0 Å². The zero-order valence-corrected chi connectivity index (χ0v) is 17.6. The molecule has 0 spiro atoms. The maximum absolute atomic E-state index is 9.62. The van der Waals surface area contributed by atoms with E-state index >= 15 is 0 Å². The average molecular weight is 395 g/mol. The zero-order valence-electron chi connectivity index (χ0n) is 17.6. The van der Waals surface area contributed by atoms with Crippen LogP contribution in [0.15, 0.2) is 84.9 Å². The predicted molar refractivity (Wildman–Crippen MR) is 124 cm³/mol. The Hall–Kier alpha value is -3.52. The molecule has 0 aromatic heterocycles. The van der Waals surface area contributed by atoms with Gasteiger partial charge in [0.25, 0.3) is 0 Å². The standard InChI is InChI=1S/C28H26O2/c1-18(25-6-4-8-27(19(25)2)21-10-14-23(29)15-11-21)26-7-5-9-28(20(26)3)22-12-16-24(30)17-13-22/h4-18,29-30H,1-3H3. The lowest BCUT2D eigenvalue weighted by atomic mass is 9.83. The lowest BCUT2D eigenvalue weighted by Crippen LogP contribution is -2.03. The van der Waals surface area contributed by atoms with Gasteiger partial charge in [0.1, 0.15) is 11.5 Å². The Morgan fingerprint density at radius 1 is 0.533 bits per heavy atom. The molecule has 30 heavy (non-hydrogen) atoms. The third kappa shape index (κ3) is 3.69. The van der Waals surface area contributed by atoms with Crippen LogP contribution in [0.5, 0.6) is 11.5 Å². The Balaban J connectivity index is 1.76. The fraction of sp³-hybridized carbons (Fsp3) is 0.143. The molecule has 0 aliphatic carbocycles. The molecule has 0 heterocycles. The largest absolute Gasteiger partial charge is 0.508 e. The van der Waals surface area contributed by atoms with Gasteiger partial charge in [0.15, 0.2) is 0 Å². The molecular formula is C28H26O2. The molecule has 4 rings (SSSR count). The first-order chi connectivity index (χ1) is 14.5. The fourth-order valence-corrected chi connectivity index (χ4v) is 4.32. The first-order valence-corrected chi connectivity index (χ1v) is 10.2. The minimum Gasteiger partial charge on any atom is -0.508 e. The van der Waals surface area contributed by atoms with E-state index in [0.29, 0.717) is 0 Å². The van der Waals surface area contributed by atoms with Gasteiger partial charge in [-0.05, 0) is 82.6 Å². The summed E-state index contributed by atoms with van der Waals surface area (Å²) in [5, 5.41) is 19.2. The molecule has 0 bridgehead atoms. The maximum Gasteiger partial charge on any atom is 0.115 e. The van der Waals surface area contributed by atoms with Gasteiger partial charge in [0, 0.05) is 5.92 Å². The highest BCUT2D eigenvalue weighted by Gasteiger charge is 2.17. The summed E-state index contributed by atoms with van der Waals surface area (Å²) in [4.78, 5) is 0. The number of benzene rings is 4. The van der Waals surface area contributed by atoms with Crippen LogP contribution in [-0.2, 0) is 0 Å². The minimum absolute atomic E-state index is 0.235. The summed E-state index contributed by atoms with van der Waals surface area (Å²) in [6, 6.07) is 27.7. The predicted octanol–water partition coefficient (Wildman–Crippen LogP) is 7.20. The summed E-state index contributed by atoms with van der Waals surface area (Å²) >= 11 is 0. The molecule has 2 N–H and O–H groups in total. The Morgan fingerprint density at radius 3 is 1.27 bits per heavy atom. The second kappa shape index (κ2) is 8.08. The van der Waals surface area contributed by atoms with Crippen molar-refractivity contribution in [3.05, 3.63) is 107 Å². The van der Waals surface area contributed by atoms with Gasteiger partial charge in [0.05, 0.1) is 0 Å². The van der Waals surface area contributed by atoms with Crippen molar-refractivity contribution in [3.63, 3.8) is 0 Å². The molecular weight excluding hydrogens is 368 g/mol. The van der Waals surface area contributed by atoms with E-state index in [2.05, 4.69) is 57.2 Å². The number of rotatable bonds is 4. The van der Waals surface area contributed by atoms with Crippen molar-refractivity contribution in [3.8, 4) is 33.8 Å². The molecule has 4 aromatic rings. The normalized spacial score (nSPS) is 11.1. The number of hydrogen-bond donors (Lipinski definition) is 2. The van der Waals surface area contributed by atoms with Crippen molar-refractivity contribution in [2.24, 2.45) is 0 Å². The third-order valence-corrected chi connectivity index (χ3v) is 6.04. The summed E-state index contributed by atoms with van der Waals surface area (Å²) in [5.74, 6) is 0.796. The van der Waals surface area contributed by atoms with E-state index in [1.54, 1.807) is 24.3 Å². The monoisotopic (exact) mass is 394 g/mol. The number of phenols is 2. The number of phenolic OH excluding ortho intramolecular Hbond substituents is 2. The van der Waals surface area contributed by atoms with E-state index in [-0.39, 0.29) is 17.4 Å². The van der Waals surface area contributed by atoms with Crippen molar-refractivity contribution >= 4 is 0 Å². The van der Waals surface area contributed by atoms with Gasteiger partial charge in [0.2, 0.25) is 0 Å². The van der Waals surface area contributed by atoms with Crippen LogP contribution in [0.2, 0.25) is 0 Å². The van der Waals surface area contributed by atoms with Gasteiger partial charge >= 0.3 is 0 Å². The topological polar surface area (TPSA) is 40.5 Å². The molecule has 0 saturated heterocycles. The van der Waals surface area contributed by atoms with Gasteiger partial charge in [-0.15, -0.1) is 0 Å². The van der Waals surface area contributed by atoms with Crippen LogP contribution >= 0.6 is 0 Å². The van der Waals surface area contributed by atoms with Crippen molar-refractivity contribution in [1.82, 2.24) is 0 Å². The van der Waals surface area contributed by atoms with Crippen molar-refractivity contribution in [2.45, 2.75) is 26.7 Å². The molecule has 0 fully saturated rings. The number of aromatic hydroxyl groups is 2. The summed E-state index contributed by atoms with van der Waals surface area (Å²) in [6.45, 7) is 6.60. The smallest absolute Gasteiger partial charge is 0.115 e. The summed E-state index contributed by atoms with van der Waals surface area (Å²) in [7, 11) is 0.